The van der Waals surface area contributed by atoms with E-state index >= 15 is 0 Å². The van der Waals surface area contributed by atoms with Crippen LogP contribution in [-0.2, 0) is 6.54 Å². The van der Waals surface area contributed by atoms with Crippen molar-refractivity contribution < 1.29 is 5.11 Å². The molecule has 1 aromatic carbocycles. The van der Waals surface area contributed by atoms with Gasteiger partial charge < -0.3 is 9.67 Å². The molecule has 0 amide bonds. The van der Waals surface area contributed by atoms with Crippen LogP contribution in [0.3, 0.4) is 0 Å². The fourth-order valence-corrected chi connectivity index (χ4v) is 6.10. The van der Waals surface area contributed by atoms with Crippen molar-refractivity contribution in [3.63, 3.8) is 0 Å². The Morgan fingerprint density at radius 3 is 2.17 bits per heavy atom. The minimum Gasteiger partial charge on any atom is -0.390 e. The molecule has 29 heavy (non-hydrogen) atoms. The van der Waals surface area contributed by atoms with Crippen molar-refractivity contribution in [3.05, 3.63) is 34.5 Å². The van der Waals surface area contributed by atoms with E-state index in [1.54, 1.807) is 0 Å². The summed E-state index contributed by atoms with van der Waals surface area (Å²) in [5, 5.41) is 13.2. The van der Waals surface area contributed by atoms with E-state index in [0.29, 0.717) is 18.6 Å². The van der Waals surface area contributed by atoms with Crippen molar-refractivity contribution in [3.8, 4) is 0 Å². The molecule has 1 atom stereocenters. The van der Waals surface area contributed by atoms with Crippen LogP contribution in [0.25, 0.3) is 10.9 Å². The van der Waals surface area contributed by atoms with Crippen molar-refractivity contribution in [2.45, 2.75) is 103 Å². The summed E-state index contributed by atoms with van der Waals surface area (Å²) in [7, 11) is 0. The van der Waals surface area contributed by atoms with E-state index in [2.05, 4.69) is 29.4 Å². The molecular weight excluding hydrogens is 380 g/mol. The van der Waals surface area contributed by atoms with Crippen molar-refractivity contribution in [2.75, 3.05) is 6.54 Å². The molecule has 2 saturated carbocycles. The Morgan fingerprint density at radius 2 is 1.59 bits per heavy atom. The van der Waals surface area contributed by atoms with E-state index in [4.69, 9.17) is 11.6 Å². The van der Waals surface area contributed by atoms with Gasteiger partial charge in [-0.25, -0.2) is 0 Å². The number of rotatable bonds is 6. The van der Waals surface area contributed by atoms with Gasteiger partial charge >= 0.3 is 0 Å². The molecule has 0 radical (unpaired) electrons. The Bertz CT molecular complexity index is 800. The van der Waals surface area contributed by atoms with E-state index < -0.39 is 0 Å². The van der Waals surface area contributed by atoms with Crippen LogP contribution in [0.15, 0.2) is 18.2 Å². The number of fused-ring (bicyclic) bond motifs is 1. The molecule has 0 spiro atoms. The quantitative estimate of drug-likeness (QED) is 0.603. The summed E-state index contributed by atoms with van der Waals surface area (Å²) in [6.45, 7) is 5.72. The number of benzene rings is 1. The van der Waals surface area contributed by atoms with Crippen molar-refractivity contribution in [1.29, 1.82) is 0 Å². The average molecular weight is 417 g/mol. The maximum atomic E-state index is 11.2. The number of aromatic nitrogens is 1. The number of para-hydroxylation sites is 1. The first-order valence-electron chi connectivity index (χ1n) is 11.7. The normalized spacial score (nSPS) is 20.6. The second kappa shape index (κ2) is 9.41. The standard InChI is InChI=1S/C25H37ClN2O/c1-18-19(2)27(25-23(18)14-9-15-24(25)26)16-22(29)17-28(20-10-5-3-6-11-20)21-12-7-4-8-13-21/h9,14-15,20-22,29H,3-8,10-13,16-17H2,1-2H3/t22-/m0/s1. The summed E-state index contributed by atoms with van der Waals surface area (Å²) in [5.41, 5.74) is 3.56. The molecule has 1 heterocycles. The van der Waals surface area contributed by atoms with Gasteiger partial charge in [-0.1, -0.05) is 62.3 Å². The van der Waals surface area contributed by atoms with Gasteiger partial charge in [0.25, 0.3) is 0 Å². The molecule has 0 saturated heterocycles. The third kappa shape index (κ3) is 4.52. The van der Waals surface area contributed by atoms with E-state index in [-0.39, 0.29) is 6.10 Å². The van der Waals surface area contributed by atoms with Gasteiger partial charge in [-0.05, 0) is 51.2 Å². The first kappa shape index (κ1) is 21.2. The Hall–Kier alpha value is -1.03. The van der Waals surface area contributed by atoms with Gasteiger partial charge in [0, 0.05) is 29.7 Å². The summed E-state index contributed by atoms with van der Waals surface area (Å²) in [6, 6.07) is 7.44. The maximum absolute atomic E-state index is 11.2. The Balaban J connectivity index is 1.54. The highest BCUT2D eigenvalue weighted by Crippen LogP contribution is 2.33. The zero-order chi connectivity index (χ0) is 20.4. The Kier molecular flexibility index (Phi) is 6.88. The molecule has 1 aromatic heterocycles. The molecule has 160 valence electrons. The molecule has 4 rings (SSSR count). The third-order valence-corrected chi connectivity index (χ3v) is 7.82. The molecule has 2 fully saturated rings. The monoisotopic (exact) mass is 416 g/mol. The Morgan fingerprint density at radius 1 is 1.00 bits per heavy atom. The molecule has 0 unspecified atom stereocenters. The molecule has 4 heteroatoms. The van der Waals surface area contributed by atoms with E-state index in [9.17, 15) is 5.11 Å². The molecule has 2 aromatic rings. The number of nitrogens with zero attached hydrogens (tertiary/aromatic N) is 2. The predicted molar refractivity (Wildman–Crippen MR) is 123 cm³/mol. The molecule has 2 aliphatic rings. The molecule has 2 aliphatic carbocycles. The van der Waals surface area contributed by atoms with Crippen molar-refractivity contribution in [1.82, 2.24) is 9.47 Å². The highest BCUT2D eigenvalue weighted by atomic mass is 35.5. The van der Waals surface area contributed by atoms with Gasteiger partial charge in [-0.3, -0.25) is 4.90 Å². The fraction of sp³-hybridized carbons (Fsp3) is 0.680. The number of aryl methyl sites for hydroxylation is 1. The maximum Gasteiger partial charge on any atom is 0.0846 e. The van der Waals surface area contributed by atoms with Crippen LogP contribution in [0.4, 0.5) is 0 Å². The zero-order valence-corrected chi connectivity index (χ0v) is 18.9. The van der Waals surface area contributed by atoms with E-state index in [1.807, 2.05) is 12.1 Å². The summed E-state index contributed by atoms with van der Waals surface area (Å²) < 4.78 is 2.25. The first-order valence-corrected chi connectivity index (χ1v) is 12.1. The van der Waals surface area contributed by atoms with Gasteiger partial charge in [-0.2, -0.15) is 0 Å². The summed E-state index contributed by atoms with van der Waals surface area (Å²) in [6.07, 6.45) is 13.0. The highest BCUT2D eigenvalue weighted by molar-refractivity contribution is 6.35. The van der Waals surface area contributed by atoms with E-state index in [1.165, 1.54) is 80.9 Å². The van der Waals surface area contributed by atoms with Gasteiger partial charge in [0.1, 0.15) is 0 Å². The SMILES string of the molecule is Cc1c(C)n(C[C@H](O)CN(C2CCCCC2)C2CCCCC2)c2c(Cl)cccc12. The minimum absolute atomic E-state index is 0.371. The molecule has 1 N–H and O–H groups in total. The number of aliphatic hydroxyl groups is 1. The van der Waals surface area contributed by atoms with Crippen LogP contribution in [0, 0.1) is 13.8 Å². The van der Waals surface area contributed by atoms with Crippen LogP contribution < -0.4 is 0 Å². The van der Waals surface area contributed by atoms with Crippen LogP contribution >= 0.6 is 11.6 Å². The number of hydrogen-bond acceptors (Lipinski definition) is 2. The van der Waals surface area contributed by atoms with Crippen molar-refractivity contribution >= 4 is 22.5 Å². The van der Waals surface area contributed by atoms with Gasteiger partial charge in [0.15, 0.2) is 0 Å². The zero-order valence-electron chi connectivity index (χ0n) is 18.2. The third-order valence-electron chi connectivity index (χ3n) is 7.51. The second-order valence-electron chi connectivity index (χ2n) is 9.39. The summed E-state index contributed by atoms with van der Waals surface area (Å²) in [5.74, 6) is 0. The summed E-state index contributed by atoms with van der Waals surface area (Å²) in [4.78, 5) is 2.71. The Labute approximate surface area is 181 Å². The first-order chi connectivity index (χ1) is 14.1. The van der Waals surface area contributed by atoms with Gasteiger partial charge in [0.2, 0.25) is 0 Å². The van der Waals surface area contributed by atoms with Gasteiger partial charge in [0.05, 0.1) is 23.2 Å². The number of hydrogen-bond donors (Lipinski definition) is 1. The lowest BCUT2D eigenvalue weighted by atomic mass is 9.88. The highest BCUT2D eigenvalue weighted by Gasteiger charge is 2.30. The van der Waals surface area contributed by atoms with E-state index in [0.717, 1.165) is 17.1 Å². The fourth-order valence-electron chi connectivity index (χ4n) is 5.82. The lowest BCUT2D eigenvalue weighted by Gasteiger charge is -2.42. The topological polar surface area (TPSA) is 28.4 Å². The van der Waals surface area contributed by atoms with Crippen LogP contribution in [0.5, 0.6) is 0 Å². The second-order valence-corrected chi connectivity index (χ2v) is 9.80. The van der Waals surface area contributed by atoms with Crippen LogP contribution in [0.2, 0.25) is 5.02 Å². The number of halogens is 1. The predicted octanol–water partition coefficient (Wildman–Crippen LogP) is 6.24. The van der Waals surface area contributed by atoms with Gasteiger partial charge in [-0.15, -0.1) is 0 Å². The van der Waals surface area contributed by atoms with Crippen LogP contribution in [-0.4, -0.2) is 39.3 Å². The largest absolute Gasteiger partial charge is 0.390 e. The molecular formula is C25H37ClN2O. The molecule has 0 aliphatic heterocycles. The minimum atomic E-state index is -0.371. The average Bonchev–Trinajstić information content (AvgIpc) is 2.99. The van der Waals surface area contributed by atoms with Crippen LogP contribution in [0.1, 0.15) is 75.5 Å². The molecule has 3 nitrogen and oxygen atoms in total. The smallest absolute Gasteiger partial charge is 0.0846 e. The molecule has 0 bridgehead atoms. The summed E-state index contributed by atoms with van der Waals surface area (Å²) >= 11 is 6.57. The number of aliphatic hydroxyl groups excluding tert-OH is 1. The lowest BCUT2D eigenvalue weighted by molar-refractivity contribution is 0.0236. The van der Waals surface area contributed by atoms with Crippen molar-refractivity contribution in [2.24, 2.45) is 0 Å². The lowest BCUT2D eigenvalue weighted by Crippen LogP contribution is -2.49.